The van der Waals surface area contributed by atoms with Crippen molar-refractivity contribution in [2.75, 3.05) is 12.3 Å². The van der Waals surface area contributed by atoms with E-state index < -0.39 is 18.5 Å². The minimum absolute atomic E-state index is 0.262. The van der Waals surface area contributed by atoms with Crippen LogP contribution < -0.4 is 11.1 Å². The number of hydrogen-bond acceptors (Lipinski definition) is 7. The van der Waals surface area contributed by atoms with Gasteiger partial charge in [0.25, 0.3) is 5.91 Å². The van der Waals surface area contributed by atoms with Crippen molar-refractivity contribution >= 4 is 39.1 Å². The zero-order valence-corrected chi connectivity index (χ0v) is 20.5. The fraction of sp³-hybridized carbons (Fsp3) is 0.280. The number of carbonyl (C=O) groups is 2. The van der Waals surface area contributed by atoms with Crippen LogP contribution in [0.3, 0.4) is 0 Å². The molecule has 176 valence electrons. The van der Waals surface area contributed by atoms with Gasteiger partial charge in [0.15, 0.2) is 6.61 Å². The molecule has 9 heteroatoms. The van der Waals surface area contributed by atoms with Gasteiger partial charge in [0.2, 0.25) is 0 Å². The Morgan fingerprint density at radius 3 is 2.62 bits per heavy atom. The van der Waals surface area contributed by atoms with Crippen LogP contribution in [0.5, 0.6) is 0 Å². The number of nitrogens with two attached hydrogens (primary N) is 1. The lowest BCUT2D eigenvalue weighted by molar-refractivity contribution is -0.124. The van der Waals surface area contributed by atoms with E-state index in [2.05, 4.69) is 15.4 Å². The highest BCUT2D eigenvalue weighted by molar-refractivity contribution is 7.21. The zero-order valence-electron chi connectivity index (χ0n) is 19.6. The lowest BCUT2D eigenvalue weighted by Crippen LogP contribution is -2.28. The molecule has 0 radical (unpaired) electrons. The molecule has 3 aromatic heterocycles. The Hall–Kier alpha value is -3.72. The third kappa shape index (κ3) is 4.79. The highest BCUT2D eigenvalue weighted by atomic mass is 32.1. The molecule has 8 nitrogen and oxygen atoms in total. The van der Waals surface area contributed by atoms with E-state index in [0.717, 1.165) is 39.2 Å². The molecule has 0 aliphatic carbocycles. The lowest BCUT2D eigenvalue weighted by atomic mass is 10.1. The summed E-state index contributed by atoms with van der Waals surface area (Å²) >= 11 is 1.18. The predicted octanol–water partition coefficient (Wildman–Crippen LogP) is 3.83. The van der Waals surface area contributed by atoms with Crippen molar-refractivity contribution in [1.82, 2.24) is 20.1 Å². The molecule has 0 saturated carbocycles. The molecular formula is C25H27N5O3S. The van der Waals surface area contributed by atoms with Crippen LogP contribution in [-0.2, 0) is 22.6 Å². The molecule has 0 aliphatic rings. The number of fused-ring (bicyclic) bond motifs is 1. The van der Waals surface area contributed by atoms with E-state index in [1.165, 1.54) is 11.3 Å². The third-order valence-corrected chi connectivity index (χ3v) is 6.79. The number of pyridine rings is 1. The van der Waals surface area contributed by atoms with E-state index in [0.29, 0.717) is 23.6 Å². The Bertz CT molecular complexity index is 1370. The third-order valence-electron chi connectivity index (χ3n) is 5.71. The number of thiophene rings is 1. The van der Waals surface area contributed by atoms with E-state index in [-0.39, 0.29) is 4.88 Å². The van der Waals surface area contributed by atoms with E-state index in [9.17, 15) is 9.59 Å². The van der Waals surface area contributed by atoms with Crippen molar-refractivity contribution in [2.24, 2.45) is 0 Å². The maximum absolute atomic E-state index is 12.6. The number of aromatic nitrogens is 3. The number of hydrogen-bond donors (Lipinski definition) is 2. The Morgan fingerprint density at radius 1 is 1.15 bits per heavy atom. The quantitative estimate of drug-likeness (QED) is 0.391. The summed E-state index contributed by atoms with van der Waals surface area (Å²) < 4.78 is 7.16. The highest BCUT2D eigenvalue weighted by Gasteiger charge is 2.21. The van der Waals surface area contributed by atoms with Gasteiger partial charge in [0.05, 0.1) is 17.9 Å². The number of carbonyl (C=O) groups excluding carboxylic acids is 2. The van der Waals surface area contributed by atoms with Gasteiger partial charge in [0, 0.05) is 28.9 Å². The van der Waals surface area contributed by atoms with Crippen LogP contribution >= 0.6 is 11.3 Å². The number of nitrogens with zero attached hydrogens (tertiary/aromatic N) is 3. The average Bonchev–Trinajstić information content (AvgIpc) is 3.26. The van der Waals surface area contributed by atoms with Gasteiger partial charge >= 0.3 is 5.97 Å². The fourth-order valence-electron chi connectivity index (χ4n) is 3.96. The number of benzene rings is 1. The molecule has 34 heavy (non-hydrogen) atoms. The Morgan fingerprint density at radius 2 is 1.88 bits per heavy atom. The van der Waals surface area contributed by atoms with E-state index in [1.54, 1.807) is 0 Å². The first-order valence-electron chi connectivity index (χ1n) is 10.9. The minimum Gasteiger partial charge on any atom is -0.451 e. The summed E-state index contributed by atoms with van der Waals surface area (Å²) in [6.45, 7) is 8.27. The van der Waals surface area contributed by atoms with Crippen molar-refractivity contribution in [3.8, 4) is 0 Å². The number of aryl methyl sites for hydroxylation is 3. The van der Waals surface area contributed by atoms with Crippen LogP contribution in [-0.4, -0.2) is 33.2 Å². The normalized spacial score (nSPS) is 11.1. The molecule has 3 heterocycles. The molecular weight excluding hydrogens is 450 g/mol. The van der Waals surface area contributed by atoms with Crippen molar-refractivity contribution in [2.45, 2.75) is 40.8 Å². The van der Waals surface area contributed by atoms with Crippen LogP contribution in [0.15, 0.2) is 36.4 Å². The number of esters is 1. The molecule has 0 bridgehead atoms. The molecule has 0 atom stereocenters. The minimum atomic E-state index is -0.629. The average molecular weight is 478 g/mol. The predicted molar refractivity (Wildman–Crippen MR) is 133 cm³/mol. The Kier molecular flexibility index (Phi) is 6.65. The van der Waals surface area contributed by atoms with Gasteiger partial charge in [0.1, 0.15) is 9.71 Å². The maximum Gasteiger partial charge on any atom is 0.351 e. The Labute approximate surface area is 201 Å². The zero-order chi connectivity index (χ0) is 24.4. The van der Waals surface area contributed by atoms with Gasteiger partial charge in [-0.1, -0.05) is 30.3 Å². The van der Waals surface area contributed by atoms with Crippen molar-refractivity contribution in [1.29, 1.82) is 0 Å². The van der Waals surface area contributed by atoms with E-state index in [4.69, 9.17) is 10.5 Å². The van der Waals surface area contributed by atoms with Crippen molar-refractivity contribution in [3.05, 3.63) is 75.0 Å². The van der Waals surface area contributed by atoms with Crippen LogP contribution in [0.25, 0.3) is 10.2 Å². The van der Waals surface area contributed by atoms with Crippen LogP contribution in [0.2, 0.25) is 0 Å². The summed E-state index contributed by atoms with van der Waals surface area (Å²) in [6.07, 6.45) is 0. The van der Waals surface area contributed by atoms with Crippen LogP contribution in [0.4, 0.5) is 5.69 Å². The largest absolute Gasteiger partial charge is 0.451 e. The first kappa shape index (κ1) is 23.4. The summed E-state index contributed by atoms with van der Waals surface area (Å²) in [4.78, 5) is 30.3. The molecule has 1 aromatic carbocycles. The standard InChI is InChI=1S/C25H27N5O3S/c1-14-10-15(2)28-24-21(14)22(26)23(34-24)25(32)33-13-20(31)27-11-19-16(3)29-30(17(19)4)12-18-8-6-5-7-9-18/h5-10H,11-13,26H2,1-4H3,(H,27,31). The molecule has 0 spiro atoms. The molecule has 4 aromatic rings. The molecule has 4 rings (SSSR count). The van der Waals surface area contributed by atoms with Gasteiger partial charge in [-0.2, -0.15) is 5.10 Å². The molecule has 0 fully saturated rings. The fourth-order valence-corrected chi connectivity index (χ4v) is 5.07. The number of ether oxygens (including phenoxy) is 1. The SMILES string of the molecule is Cc1cc(C)c2c(N)c(C(=O)OCC(=O)NCc3c(C)nn(Cc4ccccc4)c3C)sc2n1. The van der Waals surface area contributed by atoms with Gasteiger partial charge < -0.3 is 15.8 Å². The molecule has 0 aliphatic heterocycles. The summed E-state index contributed by atoms with van der Waals surface area (Å²) in [5.74, 6) is -1.02. The second kappa shape index (κ2) is 9.64. The molecule has 1 amide bonds. The topological polar surface area (TPSA) is 112 Å². The second-order valence-corrected chi connectivity index (χ2v) is 9.25. The van der Waals surface area contributed by atoms with E-state index >= 15 is 0 Å². The molecule has 3 N–H and O–H groups in total. The van der Waals surface area contributed by atoms with E-state index in [1.807, 2.05) is 68.8 Å². The van der Waals surface area contributed by atoms with Gasteiger partial charge in [-0.15, -0.1) is 11.3 Å². The summed E-state index contributed by atoms with van der Waals surface area (Å²) in [5, 5.41) is 8.17. The summed E-state index contributed by atoms with van der Waals surface area (Å²) in [5.41, 5.74) is 12.2. The van der Waals surface area contributed by atoms with Gasteiger partial charge in [-0.25, -0.2) is 9.78 Å². The second-order valence-electron chi connectivity index (χ2n) is 8.25. The van der Waals surface area contributed by atoms with Gasteiger partial charge in [-0.3, -0.25) is 9.48 Å². The number of rotatable bonds is 7. The number of anilines is 1. The Balaban J connectivity index is 1.36. The number of nitrogen functional groups attached to an aromatic ring is 1. The van der Waals surface area contributed by atoms with Crippen molar-refractivity contribution in [3.63, 3.8) is 0 Å². The smallest absolute Gasteiger partial charge is 0.351 e. The van der Waals surface area contributed by atoms with Crippen LogP contribution in [0, 0.1) is 27.7 Å². The van der Waals surface area contributed by atoms with Crippen molar-refractivity contribution < 1.29 is 14.3 Å². The first-order valence-corrected chi connectivity index (χ1v) is 11.7. The number of nitrogens with one attached hydrogen (secondary N) is 1. The lowest BCUT2D eigenvalue weighted by Gasteiger charge is -2.08. The maximum atomic E-state index is 12.6. The summed E-state index contributed by atoms with van der Waals surface area (Å²) in [7, 11) is 0. The molecule has 0 saturated heterocycles. The number of amides is 1. The summed E-state index contributed by atoms with van der Waals surface area (Å²) in [6, 6.07) is 12.0. The molecule has 0 unspecified atom stereocenters. The monoisotopic (exact) mass is 477 g/mol. The van der Waals surface area contributed by atoms with Crippen LogP contribution in [0.1, 0.15) is 43.4 Å². The van der Waals surface area contributed by atoms with Gasteiger partial charge in [-0.05, 0) is 44.9 Å². The first-order chi connectivity index (χ1) is 16.2. The highest BCUT2D eigenvalue weighted by Crippen LogP contribution is 2.35.